The number of aryl methyl sites for hydroxylation is 1. The Labute approximate surface area is 116 Å². The summed E-state index contributed by atoms with van der Waals surface area (Å²) in [6.45, 7) is 5.30. The second-order valence-electron chi connectivity index (χ2n) is 4.34. The van der Waals surface area contributed by atoms with Crippen molar-refractivity contribution in [1.82, 2.24) is 15.3 Å². The fourth-order valence-corrected chi connectivity index (χ4v) is 1.77. The zero-order valence-corrected chi connectivity index (χ0v) is 11.7. The van der Waals surface area contributed by atoms with E-state index in [4.69, 9.17) is 16.7 Å². The average molecular weight is 286 g/mol. The topological polar surface area (TPSA) is 92.2 Å². The first kappa shape index (κ1) is 15.4. The Kier molecular flexibility index (Phi) is 5.23. The Morgan fingerprint density at radius 3 is 2.58 bits per heavy atom. The maximum atomic E-state index is 12.0. The Hall–Kier alpha value is -1.69. The van der Waals surface area contributed by atoms with E-state index in [1.54, 1.807) is 13.8 Å². The molecule has 104 valence electrons. The first-order chi connectivity index (χ1) is 8.85. The number of hydrogen-bond donors (Lipinski definition) is 2. The van der Waals surface area contributed by atoms with Gasteiger partial charge in [-0.25, -0.2) is 14.8 Å². The van der Waals surface area contributed by atoms with Gasteiger partial charge in [0, 0.05) is 5.69 Å². The number of halogens is 1. The third-order valence-corrected chi connectivity index (χ3v) is 2.99. The molecule has 2 N–H and O–H groups in total. The number of amides is 1. The lowest BCUT2D eigenvalue weighted by molar-refractivity contribution is -0.140. The van der Waals surface area contributed by atoms with Crippen molar-refractivity contribution in [2.24, 2.45) is 5.92 Å². The lowest BCUT2D eigenvalue weighted by Gasteiger charge is -2.19. The number of aromatic nitrogens is 2. The minimum absolute atomic E-state index is 0.0411. The van der Waals surface area contributed by atoms with Gasteiger partial charge in [-0.2, -0.15) is 0 Å². The first-order valence-corrected chi connectivity index (χ1v) is 6.27. The van der Waals surface area contributed by atoms with Crippen molar-refractivity contribution >= 4 is 23.5 Å². The summed E-state index contributed by atoms with van der Waals surface area (Å²) in [5, 5.41) is 11.5. The van der Waals surface area contributed by atoms with Crippen LogP contribution in [0.1, 0.15) is 36.5 Å². The summed E-state index contributed by atoms with van der Waals surface area (Å²) in [5.74, 6) is -1.82. The average Bonchev–Trinajstić information content (AvgIpc) is 2.33. The largest absolute Gasteiger partial charge is 0.480 e. The van der Waals surface area contributed by atoms with E-state index in [0.29, 0.717) is 12.1 Å². The van der Waals surface area contributed by atoms with E-state index in [0.717, 1.165) is 0 Å². The Morgan fingerprint density at radius 2 is 2.11 bits per heavy atom. The number of carbonyl (C=O) groups excluding carboxylic acids is 1. The normalized spacial score (nSPS) is 13.7. The van der Waals surface area contributed by atoms with E-state index in [2.05, 4.69) is 15.3 Å². The van der Waals surface area contributed by atoms with Gasteiger partial charge in [0.2, 0.25) is 5.28 Å². The SMILES string of the molecule is CC[C@H](C)[C@H](NC(=O)c1cc(C)nc(Cl)n1)C(=O)O. The van der Waals surface area contributed by atoms with Crippen molar-refractivity contribution in [1.29, 1.82) is 0 Å². The van der Waals surface area contributed by atoms with Gasteiger partial charge >= 0.3 is 5.97 Å². The molecule has 0 spiro atoms. The highest BCUT2D eigenvalue weighted by Gasteiger charge is 2.26. The molecule has 0 aliphatic rings. The standard InChI is InChI=1S/C12H16ClN3O3/c1-4-6(2)9(11(18)19)16-10(17)8-5-7(3)14-12(13)15-8/h5-6,9H,4H2,1-3H3,(H,16,17)(H,18,19)/t6-,9-/m0/s1. The van der Waals surface area contributed by atoms with E-state index in [9.17, 15) is 9.59 Å². The third-order valence-electron chi connectivity index (χ3n) is 2.83. The van der Waals surface area contributed by atoms with Gasteiger partial charge in [0.05, 0.1) is 0 Å². The highest BCUT2D eigenvalue weighted by atomic mass is 35.5. The number of hydrogen-bond acceptors (Lipinski definition) is 4. The number of carboxylic acids is 1. The van der Waals surface area contributed by atoms with E-state index in [1.165, 1.54) is 6.07 Å². The fourth-order valence-electron chi connectivity index (χ4n) is 1.55. The number of carbonyl (C=O) groups is 2. The van der Waals surface area contributed by atoms with Gasteiger partial charge in [0.15, 0.2) is 0 Å². The molecule has 0 bridgehead atoms. The van der Waals surface area contributed by atoms with Crippen LogP contribution in [0.25, 0.3) is 0 Å². The van der Waals surface area contributed by atoms with Gasteiger partial charge in [0.25, 0.3) is 5.91 Å². The van der Waals surface area contributed by atoms with E-state index in [1.807, 2.05) is 6.92 Å². The molecule has 0 unspecified atom stereocenters. The summed E-state index contributed by atoms with van der Waals surface area (Å²) < 4.78 is 0. The molecule has 0 fully saturated rings. The Bertz CT molecular complexity index is 473. The van der Waals surface area contributed by atoms with Crippen molar-refractivity contribution in [3.8, 4) is 0 Å². The molecule has 1 heterocycles. The highest BCUT2D eigenvalue weighted by molar-refractivity contribution is 6.28. The van der Waals surface area contributed by atoms with Gasteiger partial charge in [-0.3, -0.25) is 4.79 Å². The fraction of sp³-hybridized carbons (Fsp3) is 0.500. The summed E-state index contributed by atoms with van der Waals surface area (Å²) in [7, 11) is 0. The van der Waals surface area contributed by atoms with Crippen LogP contribution in [0, 0.1) is 12.8 Å². The molecule has 1 amide bonds. The molecule has 0 saturated carbocycles. The smallest absolute Gasteiger partial charge is 0.326 e. The van der Waals surface area contributed by atoms with Crippen LogP contribution in [0.15, 0.2) is 6.07 Å². The van der Waals surface area contributed by atoms with E-state index in [-0.39, 0.29) is 16.9 Å². The predicted molar refractivity (Wildman–Crippen MR) is 70.1 cm³/mol. The van der Waals surface area contributed by atoms with Crippen molar-refractivity contribution < 1.29 is 14.7 Å². The highest BCUT2D eigenvalue weighted by Crippen LogP contribution is 2.10. The number of carboxylic acid groups (broad SMARTS) is 1. The van der Waals surface area contributed by atoms with Gasteiger partial charge in [-0.05, 0) is 30.5 Å². The molecule has 0 radical (unpaired) electrons. The summed E-state index contributed by atoms with van der Waals surface area (Å²) in [4.78, 5) is 30.7. The maximum absolute atomic E-state index is 12.0. The van der Waals surface area contributed by atoms with Crippen molar-refractivity contribution in [2.45, 2.75) is 33.2 Å². The lowest BCUT2D eigenvalue weighted by Crippen LogP contribution is -2.45. The second-order valence-corrected chi connectivity index (χ2v) is 4.68. The van der Waals surface area contributed by atoms with Crippen molar-refractivity contribution in [3.63, 3.8) is 0 Å². The van der Waals surface area contributed by atoms with Crippen molar-refractivity contribution in [2.75, 3.05) is 0 Å². The minimum atomic E-state index is -1.07. The summed E-state index contributed by atoms with van der Waals surface area (Å²) in [6, 6.07) is 0.503. The molecule has 7 heteroatoms. The molecule has 2 atom stereocenters. The zero-order valence-electron chi connectivity index (χ0n) is 11.0. The summed E-state index contributed by atoms with van der Waals surface area (Å²) in [5.41, 5.74) is 0.604. The van der Waals surface area contributed by atoms with Crippen LogP contribution in [0.4, 0.5) is 0 Å². The monoisotopic (exact) mass is 285 g/mol. The summed E-state index contributed by atoms with van der Waals surface area (Å²) >= 11 is 5.66. The van der Waals surface area contributed by atoms with E-state index >= 15 is 0 Å². The molecule has 1 rings (SSSR count). The number of aliphatic carboxylic acids is 1. The molecule has 1 aromatic rings. The summed E-state index contributed by atoms with van der Waals surface area (Å²) in [6.07, 6.45) is 0.640. The van der Waals surface area contributed by atoms with Crippen LogP contribution in [0.3, 0.4) is 0 Å². The molecule has 0 aliphatic heterocycles. The molecule has 6 nitrogen and oxygen atoms in total. The quantitative estimate of drug-likeness (QED) is 0.803. The van der Waals surface area contributed by atoms with Gasteiger partial charge in [-0.15, -0.1) is 0 Å². The number of nitrogens with zero attached hydrogens (tertiary/aromatic N) is 2. The maximum Gasteiger partial charge on any atom is 0.326 e. The van der Waals surface area contributed by atoms with Gasteiger partial charge < -0.3 is 10.4 Å². The lowest BCUT2D eigenvalue weighted by atomic mass is 9.99. The van der Waals surface area contributed by atoms with Crippen LogP contribution < -0.4 is 5.32 Å². The van der Waals surface area contributed by atoms with Crippen LogP contribution in [-0.2, 0) is 4.79 Å². The molecular formula is C12H16ClN3O3. The van der Waals surface area contributed by atoms with Gasteiger partial charge in [-0.1, -0.05) is 20.3 Å². The van der Waals surface area contributed by atoms with Crippen LogP contribution in [0.5, 0.6) is 0 Å². The number of rotatable bonds is 5. The third kappa shape index (κ3) is 4.17. The van der Waals surface area contributed by atoms with Crippen LogP contribution >= 0.6 is 11.6 Å². The van der Waals surface area contributed by atoms with Crippen LogP contribution in [0.2, 0.25) is 5.28 Å². The predicted octanol–water partition coefficient (Wildman–Crippen LogP) is 1.67. The Morgan fingerprint density at radius 1 is 1.47 bits per heavy atom. The first-order valence-electron chi connectivity index (χ1n) is 5.90. The molecule has 19 heavy (non-hydrogen) atoms. The van der Waals surface area contributed by atoms with Crippen LogP contribution in [-0.4, -0.2) is 33.0 Å². The van der Waals surface area contributed by atoms with Crippen molar-refractivity contribution in [3.05, 3.63) is 22.7 Å². The minimum Gasteiger partial charge on any atom is -0.480 e. The molecule has 0 aromatic carbocycles. The zero-order chi connectivity index (χ0) is 14.6. The van der Waals surface area contributed by atoms with E-state index < -0.39 is 17.9 Å². The number of nitrogens with one attached hydrogen (secondary N) is 1. The molecular weight excluding hydrogens is 270 g/mol. The second kappa shape index (κ2) is 6.47. The Balaban J connectivity index is 2.90. The molecule has 1 aromatic heterocycles. The molecule has 0 saturated heterocycles. The van der Waals surface area contributed by atoms with Gasteiger partial charge in [0.1, 0.15) is 11.7 Å². The molecule has 0 aliphatic carbocycles.